The Morgan fingerprint density at radius 1 is 1.06 bits per heavy atom. The number of benzene rings is 1. The zero-order valence-corrected chi connectivity index (χ0v) is 8.41. The molecule has 0 aromatic heterocycles. The average molecular weight is 241 g/mol. The second-order valence-corrected chi connectivity index (χ2v) is 3.44. The molecule has 1 amide bonds. The molecule has 0 fully saturated rings. The molecule has 0 aliphatic carbocycles. The standard InChI is InChI=1S/C11H6F3NO2/c12-8-2-1-6(3-9(8)13)15-10(14)4-7(16)5-11(15)17/h1-4H,5H2. The summed E-state index contributed by atoms with van der Waals surface area (Å²) in [6.07, 6.45) is 0.148. The van der Waals surface area contributed by atoms with Gasteiger partial charge in [0.15, 0.2) is 17.4 Å². The fraction of sp³-hybridized carbons (Fsp3) is 0.0909. The molecule has 6 heteroatoms. The van der Waals surface area contributed by atoms with Crippen LogP contribution in [0.3, 0.4) is 0 Å². The van der Waals surface area contributed by atoms with Crippen LogP contribution in [-0.4, -0.2) is 11.7 Å². The number of anilines is 1. The van der Waals surface area contributed by atoms with Crippen molar-refractivity contribution in [3.63, 3.8) is 0 Å². The first kappa shape index (κ1) is 11.4. The summed E-state index contributed by atoms with van der Waals surface area (Å²) < 4.78 is 39.0. The van der Waals surface area contributed by atoms with E-state index in [1.807, 2.05) is 0 Å². The van der Waals surface area contributed by atoms with E-state index in [9.17, 15) is 22.8 Å². The predicted molar refractivity (Wildman–Crippen MR) is 52.7 cm³/mol. The fourth-order valence-electron chi connectivity index (χ4n) is 1.49. The smallest absolute Gasteiger partial charge is 0.241 e. The van der Waals surface area contributed by atoms with E-state index < -0.39 is 35.7 Å². The van der Waals surface area contributed by atoms with Gasteiger partial charge < -0.3 is 0 Å². The lowest BCUT2D eigenvalue weighted by atomic mass is 10.1. The molecule has 1 aliphatic rings. The topological polar surface area (TPSA) is 37.4 Å². The molecule has 1 aromatic carbocycles. The summed E-state index contributed by atoms with van der Waals surface area (Å²) in [4.78, 5) is 22.8. The molecule has 0 radical (unpaired) electrons. The molecule has 0 spiro atoms. The van der Waals surface area contributed by atoms with Crippen LogP contribution in [0.25, 0.3) is 0 Å². The molecule has 3 nitrogen and oxygen atoms in total. The molecular formula is C11H6F3NO2. The highest BCUT2D eigenvalue weighted by atomic mass is 19.2. The van der Waals surface area contributed by atoms with Crippen LogP contribution in [0.5, 0.6) is 0 Å². The van der Waals surface area contributed by atoms with Gasteiger partial charge in [0.1, 0.15) is 0 Å². The number of hydrogen-bond acceptors (Lipinski definition) is 2. The minimum atomic E-state index is -1.19. The Kier molecular flexibility index (Phi) is 2.71. The normalized spacial score (nSPS) is 16.2. The van der Waals surface area contributed by atoms with E-state index in [0.29, 0.717) is 17.0 Å². The summed E-state index contributed by atoms with van der Waals surface area (Å²) in [5, 5.41) is 0. The van der Waals surface area contributed by atoms with Crippen LogP contribution in [0.2, 0.25) is 0 Å². The minimum absolute atomic E-state index is 0.157. The summed E-state index contributed by atoms with van der Waals surface area (Å²) >= 11 is 0. The number of carbonyl (C=O) groups is 2. The van der Waals surface area contributed by atoms with Crippen LogP contribution < -0.4 is 4.90 Å². The number of rotatable bonds is 1. The highest BCUT2D eigenvalue weighted by Gasteiger charge is 2.28. The lowest BCUT2D eigenvalue weighted by molar-refractivity contribution is -0.125. The van der Waals surface area contributed by atoms with Gasteiger partial charge in [0.2, 0.25) is 11.9 Å². The SMILES string of the molecule is O=C1C=C(F)N(c2ccc(F)c(F)c2)C(=O)C1. The first-order chi connectivity index (χ1) is 7.99. The van der Waals surface area contributed by atoms with E-state index in [4.69, 9.17) is 0 Å². The van der Waals surface area contributed by atoms with Gasteiger partial charge in [0.25, 0.3) is 0 Å². The molecule has 1 aliphatic heterocycles. The van der Waals surface area contributed by atoms with E-state index in [1.165, 1.54) is 0 Å². The molecule has 0 atom stereocenters. The third kappa shape index (κ3) is 2.06. The first-order valence-corrected chi connectivity index (χ1v) is 4.67. The van der Waals surface area contributed by atoms with Gasteiger partial charge in [-0.2, -0.15) is 4.39 Å². The van der Waals surface area contributed by atoms with Gasteiger partial charge in [-0.1, -0.05) is 0 Å². The van der Waals surface area contributed by atoms with Crippen LogP contribution in [0.1, 0.15) is 6.42 Å². The molecule has 2 rings (SSSR count). The van der Waals surface area contributed by atoms with Crippen molar-refractivity contribution in [3.05, 3.63) is 41.9 Å². The maximum Gasteiger partial charge on any atom is 0.241 e. The molecule has 88 valence electrons. The second-order valence-electron chi connectivity index (χ2n) is 3.44. The largest absolute Gasteiger partial charge is 0.294 e. The van der Waals surface area contributed by atoms with Crippen molar-refractivity contribution in [1.29, 1.82) is 0 Å². The number of ketones is 1. The van der Waals surface area contributed by atoms with Gasteiger partial charge >= 0.3 is 0 Å². The van der Waals surface area contributed by atoms with Gasteiger partial charge in [0.05, 0.1) is 12.1 Å². The monoisotopic (exact) mass is 241 g/mol. The average Bonchev–Trinajstić information content (AvgIpc) is 2.21. The molecule has 0 N–H and O–H groups in total. The van der Waals surface area contributed by atoms with Crippen molar-refractivity contribution in [2.45, 2.75) is 6.42 Å². The van der Waals surface area contributed by atoms with Gasteiger partial charge in [-0.25, -0.2) is 8.78 Å². The van der Waals surface area contributed by atoms with Gasteiger partial charge in [0, 0.05) is 12.1 Å². The Hall–Kier alpha value is -2.11. The second kappa shape index (κ2) is 4.04. The number of amides is 1. The maximum atomic E-state index is 13.4. The molecule has 0 bridgehead atoms. The Morgan fingerprint density at radius 2 is 1.76 bits per heavy atom. The van der Waals surface area contributed by atoms with Gasteiger partial charge in [-0.15, -0.1) is 0 Å². The van der Waals surface area contributed by atoms with E-state index in [2.05, 4.69) is 0 Å². The van der Waals surface area contributed by atoms with Crippen LogP contribution in [0, 0.1) is 11.6 Å². The zero-order chi connectivity index (χ0) is 12.6. The predicted octanol–water partition coefficient (Wildman–Crippen LogP) is 2.08. The highest BCUT2D eigenvalue weighted by molar-refractivity contribution is 6.14. The Bertz CT molecular complexity index is 540. The number of hydrogen-bond donors (Lipinski definition) is 0. The van der Waals surface area contributed by atoms with E-state index in [0.717, 1.165) is 12.1 Å². The van der Waals surface area contributed by atoms with Crippen molar-refractivity contribution < 1.29 is 22.8 Å². The van der Waals surface area contributed by atoms with Crippen molar-refractivity contribution in [2.75, 3.05) is 4.90 Å². The van der Waals surface area contributed by atoms with Crippen molar-refractivity contribution in [1.82, 2.24) is 0 Å². The first-order valence-electron chi connectivity index (χ1n) is 4.67. The third-order valence-electron chi connectivity index (χ3n) is 2.23. The van der Waals surface area contributed by atoms with Crippen molar-refractivity contribution in [3.8, 4) is 0 Å². The number of allylic oxidation sites excluding steroid dienone is 1. The lowest BCUT2D eigenvalue weighted by Gasteiger charge is -2.23. The van der Waals surface area contributed by atoms with Gasteiger partial charge in [-0.05, 0) is 12.1 Å². The zero-order valence-electron chi connectivity index (χ0n) is 8.41. The molecule has 1 aromatic rings. The van der Waals surface area contributed by atoms with Crippen molar-refractivity contribution >= 4 is 17.4 Å². The summed E-state index contributed by atoms with van der Waals surface area (Å²) in [5.41, 5.74) is -0.157. The molecular weight excluding hydrogens is 235 g/mol. The number of carbonyl (C=O) groups excluding carboxylic acids is 2. The van der Waals surface area contributed by atoms with E-state index in [1.54, 1.807) is 0 Å². The highest BCUT2D eigenvalue weighted by Crippen LogP contribution is 2.25. The summed E-state index contributed by atoms with van der Waals surface area (Å²) in [5.74, 6) is -4.87. The van der Waals surface area contributed by atoms with E-state index in [-0.39, 0.29) is 5.69 Å². The van der Waals surface area contributed by atoms with Crippen LogP contribution in [-0.2, 0) is 9.59 Å². The summed E-state index contributed by atoms with van der Waals surface area (Å²) in [6, 6.07) is 2.53. The van der Waals surface area contributed by atoms with Crippen LogP contribution in [0.15, 0.2) is 30.2 Å². The van der Waals surface area contributed by atoms with Crippen LogP contribution in [0.4, 0.5) is 18.9 Å². The van der Waals surface area contributed by atoms with E-state index >= 15 is 0 Å². The maximum absolute atomic E-state index is 13.4. The minimum Gasteiger partial charge on any atom is -0.294 e. The third-order valence-corrected chi connectivity index (χ3v) is 2.23. The quantitative estimate of drug-likeness (QED) is 0.557. The molecule has 0 saturated heterocycles. The Balaban J connectivity index is 2.45. The summed E-state index contributed by atoms with van der Waals surface area (Å²) in [6.45, 7) is 0. The number of nitrogens with zero attached hydrogens (tertiary/aromatic N) is 1. The summed E-state index contributed by atoms with van der Waals surface area (Å²) in [7, 11) is 0. The van der Waals surface area contributed by atoms with Gasteiger partial charge in [-0.3, -0.25) is 14.5 Å². The Morgan fingerprint density at radius 3 is 2.35 bits per heavy atom. The molecule has 0 saturated carbocycles. The van der Waals surface area contributed by atoms with Crippen molar-refractivity contribution in [2.24, 2.45) is 0 Å². The molecule has 17 heavy (non-hydrogen) atoms. The fourth-order valence-corrected chi connectivity index (χ4v) is 1.49. The lowest BCUT2D eigenvalue weighted by Crippen LogP contribution is -2.34. The number of halogens is 3. The molecule has 1 heterocycles. The van der Waals surface area contributed by atoms with Crippen LogP contribution >= 0.6 is 0 Å². The Labute approximate surface area is 94.1 Å². The molecule has 0 unspecified atom stereocenters.